The Bertz CT molecular complexity index is 859. The first-order valence-electron chi connectivity index (χ1n) is 7.84. The fraction of sp³-hybridized carbons (Fsp3) is 0.222. The van der Waals surface area contributed by atoms with Crippen molar-refractivity contribution in [2.24, 2.45) is 0 Å². The molecule has 0 radical (unpaired) electrons. The van der Waals surface area contributed by atoms with Crippen LogP contribution in [-0.2, 0) is 6.42 Å². The molecule has 0 aliphatic rings. The van der Waals surface area contributed by atoms with Gasteiger partial charge in [0.2, 0.25) is 5.82 Å². The standard InChI is InChI=1S/C18H18FN5O/c1-18(2,11-12-7-9-13(19)10-8-12)20-17(25)15-6-4-3-5-14(15)16-21-23-24-22-16/h3-10H,11H2,1-2H3,(H,20,25)(H,21,22,23,24). The van der Waals surface area contributed by atoms with Gasteiger partial charge in [-0.2, -0.15) is 5.21 Å². The minimum atomic E-state index is -0.515. The number of aromatic amines is 1. The van der Waals surface area contributed by atoms with Gasteiger partial charge in [0.1, 0.15) is 5.82 Å². The first-order valence-corrected chi connectivity index (χ1v) is 7.84. The Morgan fingerprint density at radius 3 is 2.56 bits per heavy atom. The number of rotatable bonds is 5. The maximum atomic E-state index is 13.0. The summed E-state index contributed by atoms with van der Waals surface area (Å²) in [6, 6.07) is 13.4. The van der Waals surface area contributed by atoms with E-state index in [1.54, 1.807) is 30.3 Å². The van der Waals surface area contributed by atoms with Gasteiger partial charge in [-0.15, -0.1) is 10.2 Å². The molecule has 0 aliphatic carbocycles. The van der Waals surface area contributed by atoms with E-state index in [0.29, 0.717) is 23.4 Å². The summed E-state index contributed by atoms with van der Waals surface area (Å²) in [4.78, 5) is 12.8. The van der Waals surface area contributed by atoms with Crippen LogP contribution in [0.5, 0.6) is 0 Å². The second-order valence-corrected chi connectivity index (χ2v) is 6.42. The molecule has 1 aromatic heterocycles. The van der Waals surface area contributed by atoms with Crippen LogP contribution in [0.3, 0.4) is 0 Å². The normalized spacial score (nSPS) is 11.3. The van der Waals surface area contributed by atoms with Crippen molar-refractivity contribution in [1.82, 2.24) is 25.9 Å². The van der Waals surface area contributed by atoms with E-state index < -0.39 is 5.54 Å². The highest BCUT2D eigenvalue weighted by atomic mass is 19.1. The molecule has 0 saturated heterocycles. The van der Waals surface area contributed by atoms with Crippen LogP contribution in [0.1, 0.15) is 29.8 Å². The number of amides is 1. The second kappa shape index (κ2) is 6.80. The summed E-state index contributed by atoms with van der Waals surface area (Å²) >= 11 is 0. The van der Waals surface area contributed by atoms with Crippen LogP contribution in [-0.4, -0.2) is 32.1 Å². The summed E-state index contributed by atoms with van der Waals surface area (Å²) < 4.78 is 13.0. The second-order valence-electron chi connectivity index (χ2n) is 6.42. The highest BCUT2D eigenvalue weighted by Crippen LogP contribution is 2.21. The smallest absolute Gasteiger partial charge is 0.252 e. The lowest BCUT2D eigenvalue weighted by Gasteiger charge is -2.27. The summed E-state index contributed by atoms with van der Waals surface area (Å²) in [5, 5.41) is 16.8. The number of benzene rings is 2. The topological polar surface area (TPSA) is 83.6 Å². The van der Waals surface area contributed by atoms with Crippen molar-refractivity contribution < 1.29 is 9.18 Å². The average Bonchev–Trinajstić information content (AvgIpc) is 3.11. The Balaban J connectivity index is 1.79. The lowest BCUT2D eigenvalue weighted by atomic mass is 9.94. The first-order chi connectivity index (χ1) is 11.9. The zero-order valence-electron chi connectivity index (χ0n) is 14.0. The molecule has 6 nitrogen and oxygen atoms in total. The molecule has 0 unspecified atom stereocenters. The molecule has 0 spiro atoms. The number of nitrogens with zero attached hydrogens (tertiary/aromatic N) is 3. The maximum absolute atomic E-state index is 13.0. The summed E-state index contributed by atoms with van der Waals surface area (Å²) in [5.74, 6) is -0.144. The zero-order valence-corrected chi connectivity index (χ0v) is 14.0. The van der Waals surface area contributed by atoms with Crippen LogP contribution >= 0.6 is 0 Å². The molecule has 2 aromatic carbocycles. The molecule has 25 heavy (non-hydrogen) atoms. The van der Waals surface area contributed by atoms with E-state index in [0.717, 1.165) is 5.56 Å². The molecule has 1 amide bonds. The molecule has 3 aromatic rings. The van der Waals surface area contributed by atoms with Crippen LogP contribution in [0, 0.1) is 5.82 Å². The molecule has 3 rings (SSSR count). The van der Waals surface area contributed by atoms with E-state index in [-0.39, 0.29) is 11.7 Å². The van der Waals surface area contributed by atoms with Gasteiger partial charge in [-0.3, -0.25) is 4.79 Å². The third-order valence-corrected chi connectivity index (χ3v) is 3.77. The van der Waals surface area contributed by atoms with Crippen LogP contribution < -0.4 is 5.32 Å². The lowest BCUT2D eigenvalue weighted by molar-refractivity contribution is 0.0913. The first kappa shape index (κ1) is 16.8. The van der Waals surface area contributed by atoms with Gasteiger partial charge in [-0.05, 0) is 49.2 Å². The van der Waals surface area contributed by atoms with Gasteiger partial charge in [-0.1, -0.05) is 30.3 Å². The summed E-state index contributed by atoms with van der Waals surface area (Å²) in [6.07, 6.45) is 0.573. The Labute approximate surface area is 144 Å². The number of nitrogens with one attached hydrogen (secondary N) is 2. The fourth-order valence-corrected chi connectivity index (χ4v) is 2.68. The number of tetrazole rings is 1. The number of carbonyl (C=O) groups excluding carboxylic acids is 1. The zero-order chi connectivity index (χ0) is 17.9. The van der Waals surface area contributed by atoms with E-state index in [1.165, 1.54) is 12.1 Å². The summed E-state index contributed by atoms with van der Waals surface area (Å²) in [6.45, 7) is 3.84. The van der Waals surface area contributed by atoms with Crippen molar-refractivity contribution in [3.63, 3.8) is 0 Å². The summed E-state index contributed by atoms with van der Waals surface area (Å²) in [7, 11) is 0. The van der Waals surface area contributed by atoms with Crippen LogP contribution in [0.2, 0.25) is 0 Å². The molecule has 1 heterocycles. The van der Waals surface area contributed by atoms with Crippen LogP contribution in [0.4, 0.5) is 4.39 Å². The van der Waals surface area contributed by atoms with E-state index in [4.69, 9.17) is 0 Å². The van der Waals surface area contributed by atoms with Crippen molar-refractivity contribution in [1.29, 1.82) is 0 Å². The van der Waals surface area contributed by atoms with E-state index >= 15 is 0 Å². The molecular weight excluding hydrogens is 321 g/mol. The van der Waals surface area contributed by atoms with Crippen LogP contribution in [0.25, 0.3) is 11.4 Å². The molecule has 0 saturated carbocycles. The van der Waals surface area contributed by atoms with Crippen LogP contribution in [0.15, 0.2) is 48.5 Å². The number of aromatic nitrogens is 4. The number of hydrogen-bond donors (Lipinski definition) is 2. The number of H-pyrrole nitrogens is 1. The molecule has 0 atom stereocenters. The van der Waals surface area contributed by atoms with E-state index in [1.807, 2.05) is 19.9 Å². The van der Waals surface area contributed by atoms with Gasteiger partial charge in [0, 0.05) is 11.1 Å². The third-order valence-electron chi connectivity index (χ3n) is 3.77. The van der Waals surface area contributed by atoms with E-state index in [2.05, 4.69) is 25.9 Å². The Morgan fingerprint density at radius 2 is 1.88 bits per heavy atom. The molecule has 128 valence electrons. The van der Waals surface area contributed by atoms with Gasteiger partial charge in [0.25, 0.3) is 5.91 Å². The van der Waals surface area contributed by atoms with Gasteiger partial charge < -0.3 is 5.32 Å². The van der Waals surface area contributed by atoms with Crippen molar-refractivity contribution >= 4 is 5.91 Å². The van der Waals surface area contributed by atoms with Gasteiger partial charge >= 0.3 is 0 Å². The molecule has 0 fully saturated rings. The highest BCUT2D eigenvalue weighted by molar-refractivity contribution is 6.00. The number of carbonyl (C=O) groups is 1. The van der Waals surface area contributed by atoms with Gasteiger partial charge in [0.15, 0.2) is 0 Å². The Morgan fingerprint density at radius 1 is 1.16 bits per heavy atom. The number of halogens is 1. The van der Waals surface area contributed by atoms with Crippen molar-refractivity contribution in [2.45, 2.75) is 25.8 Å². The maximum Gasteiger partial charge on any atom is 0.252 e. The van der Waals surface area contributed by atoms with Crippen molar-refractivity contribution in [2.75, 3.05) is 0 Å². The predicted molar refractivity (Wildman–Crippen MR) is 91.3 cm³/mol. The van der Waals surface area contributed by atoms with Crippen molar-refractivity contribution in [3.8, 4) is 11.4 Å². The molecular formula is C18H18FN5O. The Hall–Kier alpha value is -3.09. The highest BCUT2D eigenvalue weighted by Gasteiger charge is 2.24. The molecule has 7 heteroatoms. The van der Waals surface area contributed by atoms with Gasteiger partial charge in [-0.25, -0.2) is 4.39 Å². The molecule has 0 bridgehead atoms. The van der Waals surface area contributed by atoms with Crippen molar-refractivity contribution in [3.05, 3.63) is 65.5 Å². The minimum absolute atomic E-state index is 0.229. The average molecular weight is 339 g/mol. The molecule has 0 aliphatic heterocycles. The van der Waals surface area contributed by atoms with E-state index in [9.17, 15) is 9.18 Å². The number of hydrogen-bond acceptors (Lipinski definition) is 4. The minimum Gasteiger partial charge on any atom is -0.347 e. The van der Waals surface area contributed by atoms with Gasteiger partial charge in [0.05, 0.1) is 5.56 Å². The SMILES string of the molecule is CC(C)(Cc1ccc(F)cc1)NC(=O)c1ccccc1-c1nn[nH]n1. The predicted octanol–water partition coefficient (Wildman–Crippen LogP) is 2.76. The lowest BCUT2D eigenvalue weighted by Crippen LogP contribution is -2.45. The monoisotopic (exact) mass is 339 g/mol. The quantitative estimate of drug-likeness (QED) is 0.749. The Kier molecular flexibility index (Phi) is 4.56. The largest absolute Gasteiger partial charge is 0.347 e. The fourth-order valence-electron chi connectivity index (χ4n) is 2.68. The third kappa shape index (κ3) is 4.06. The summed E-state index contributed by atoms with van der Waals surface area (Å²) in [5.41, 5.74) is 1.50. The molecule has 2 N–H and O–H groups in total.